The van der Waals surface area contributed by atoms with Crippen molar-refractivity contribution in [2.45, 2.75) is 11.8 Å². The van der Waals surface area contributed by atoms with E-state index in [2.05, 4.69) is 0 Å². The first-order chi connectivity index (χ1) is 5.82. The molecule has 0 fully saturated rings. The molecule has 0 saturated heterocycles. The first-order valence-corrected chi connectivity index (χ1v) is 5.12. The molecule has 72 valence electrons. The average molecular weight is 260 g/mol. The van der Waals surface area contributed by atoms with Crippen molar-refractivity contribution in [1.29, 1.82) is 0 Å². The largest absolute Gasteiger partial charge is 1.00 e. The molecule has 0 bridgehead atoms. The van der Waals surface area contributed by atoms with Crippen LogP contribution in [-0.2, 0) is 10.1 Å². The van der Waals surface area contributed by atoms with Crippen LogP contribution in [0.2, 0.25) is 5.02 Å². The Hall–Kier alpha value is 0.856. The van der Waals surface area contributed by atoms with Gasteiger partial charge in [0.25, 0.3) is 0 Å². The Labute approximate surface area is 130 Å². The summed E-state index contributed by atoms with van der Waals surface area (Å²) in [4.78, 5) is -0.542. The van der Waals surface area contributed by atoms with E-state index in [1.54, 1.807) is 6.92 Å². The molecular formula is C7H7ClKNO3S. The molecule has 0 aliphatic heterocycles. The normalized spacial score (nSPS) is 10.8. The van der Waals surface area contributed by atoms with E-state index in [0.717, 1.165) is 0 Å². The van der Waals surface area contributed by atoms with Crippen LogP contribution >= 0.6 is 11.6 Å². The standard InChI is InChI=1S/C7H8ClNO3S.K/c1-4-2-5(8)7(6(9)3-4)13(10,11)12;/h2-3H,9H2,1H3,(H,10,11,12);/q;+1/p-1. The molecule has 0 saturated carbocycles. The maximum atomic E-state index is 10.7. The Bertz CT molecular complexity index is 423. The summed E-state index contributed by atoms with van der Waals surface area (Å²) in [5, 5.41) is -0.132. The van der Waals surface area contributed by atoms with Gasteiger partial charge in [-0.05, 0) is 24.6 Å². The van der Waals surface area contributed by atoms with E-state index in [1.807, 2.05) is 0 Å². The van der Waals surface area contributed by atoms with Gasteiger partial charge in [-0.2, -0.15) is 0 Å². The van der Waals surface area contributed by atoms with Gasteiger partial charge in [0.05, 0.1) is 15.6 Å². The van der Waals surface area contributed by atoms with Crippen molar-refractivity contribution in [3.05, 3.63) is 22.7 Å². The molecular weight excluding hydrogens is 253 g/mol. The molecule has 0 heterocycles. The maximum absolute atomic E-state index is 10.7. The Morgan fingerprint density at radius 1 is 1.43 bits per heavy atom. The molecule has 1 aromatic carbocycles. The summed E-state index contributed by atoms with van der Waals surface area (Å²) in [6.07, 6.45) is 0. The molecule has 0 spiro atoms. The Morgan fingerprint density at radius 2 is 1.93 bits per heavy atom. The summed E-state index contributed by atoms with van der Waals surface area (Å²) >= 11 is 5.56. The minimum atomic E-state index is -4.59. The van der Waals surface area contributed by atoms with Crippen molar-refractivity contribution >= 4 is 27.4 Å². The quantitative estimate of drug-likeness (QED) is 0.364. The van der Waals surface area contributed by atoms with Gasteiger partial charge in [-0.1, -0.05) is 11.6 Å². The molecule has 0 radical (unpaired) electrons. The number of aryl methyl sites for hydroxylation is 1. The van der Waals surface area contributed by atoms with Crippen LogP contribution in [0.25, 0.3) is 0 Å². The minimum absolute atomic E-state index is 0. The molecule has 4 nitrogen and oxygen atoms in total. The topological polar surface area (TPSA) is 83.2 Å². The van der Waals surface area contributed by atoms with Crippen LogP contribution < -0.4 is 57.1 Å². The molecule has 0 atom stereocenters. The van der Waals surface area contributed by atoms with Gasteiger partial charge in [0.1, 0.15) is 10.1 Å². The number of hydrogen-bond acceptors (Lipinski definition) is 4. The number of nitrogens with two attached hydrogens (primary N) is 1. The van der Waals surface area contributed by atoms with E-state index in [1.165, 1.54) is 12.1 Å². The smallest absolute Gasteiger partial charge is 0.744 e. The fraction of sp³-hybridized carbons (Fsp3) is 0.143. The van der Waals surface area contributed by atoms with E-state index in [-0.39, 0.29) is 62.1 Å². The van der Waals surface area contributed by atoms with E-state index in [0.29, 0.717) is 5.56 Å². The van der Waals surface area contributed by atoms with Crippen LogP contribution in [0.4, 0.5) is 5.69 Å². The van der Waals surface area contributed by atoms with Crippen molar-refractivity contribution in [3.63, 3.8) is 0 Å². The zero-order chi connectivity index (χ0) is 10.2. The van der Waals surface area contributed by atoms with Crippen molar-refractivity contribution in [2.75, 3.05) is 5.73 Å². The van der Waals surface area contributed by atoms with Crippen molar-refractivity contribution in [3.8, 4) is 0 Å². The molecule has 1 rings (SSSR count). The first kappa shape index (κ1) is 14.9. The third-order valence-electron chi connectivity index (χ3n) is 1.47. The summed E-state index contributed by atoms with van der Waals surface area (Å²) in [5.74, 6) is 0. The number of rotatable bonds is 1. The molecule has 0 amide bonds. The summed E-state index contributed by atoms with van der Waals surface area (Å²) in [6.45, 7) is 1.70. The van der Waals surface area contributed by atoms with Crippen LogP contribution in [0.5, 0.6) is 0 Å². The number of anilines is 1. The van der Waals surface area contributed by atoms with Crippen LogP contribution in [0.15, 0.2) is 17.0 Å². The molecule has 7 heteroatoms. The van der Waals surface area contributed by atoms with Crippen LogP contribution in [-0.4, -0.2) is 13.0 Å². The van der Waals surface area contributed by atoms with Gasteiger partial charge in [-0.3, -0.25) is 0 Å². The number of benzene rings is 1. The number of nitrogen functional groups attached to an aromatic ring is 1. The third-order valence-corrected chi connectivity index (χ3v) is 2.83. The van der Waals surface area contributed by atoms with Crippen molar-refractivity contribution < 1.29 is 64.4 Å². The minimum Gasteiger partial charge on any atom is -0.744 e. The number of hydrogen-bond donors (Lipinski definition) is 1. The van der Waals surface area contributed by atoms with E-state index in [9.17, 15) is 13.0 Å². The number of halogens is 1. The summed E-state index contributed by atoms with van der Waals surface area (Å²) in [7, 11) is -4.59. The fourth-order valence-electron chi connectivity index (χ4n) is 1.02. The predicted octanol–water partition coefficient (Wildman–Crippen LogP) is -1.86. The maximum Gasteiger partial charge on any atom is 1.00 e. The molecule has 0 aliphatic carbocycles. The Morgan fingerprint density at radius 3 is 2.29 bits per heavy atom. The van der Waals surface area contributed by atoms with E-state index < -0.39 is 15.0 Å². The van der Waals surface area contributed by atoms with Crippen molar-refractivity contribution in [2.24, 2.45) is 0 Å². The van der Waals surface area contributed by atoms with Gasteiger partial charge < -0.3 is 10.3 Å². The first-order valence-electron chi connectivity index (χ1n) is 3.34. The molecule has 0 aromatic heterocycles. The van der Waals surface area contributed by atoms with Crippen molar-refractivity contribution in [1.82, 2.24) is 0 Å². The Balaban J connectivity index is 0.00000169. The summed E-state index contributed by atoms with van der Waals surface area (Å²) in [6, 6.07) is 2.76. The van der Waals surface area contributed by atoms with Crippen LogP contribution in [0, 0.1) is 6.92 Å². The van der Waals surface area contributed by atoms with Gasteiger partial charge in [-0.15, -0.1) is 0 Å². The summed E-state index contributed by atoms with van der Waals surface area (Å²) < 4.78 is 32.0. The second-order valence-corrected chi connectivity index (χ2v) is 4.34. The third kappa shape index (κ3) is 3.46. The average Bonchev–Trinajstić information content (AvgIpc) is 1.78. The second-order valence-electron chi connectivity index (χ2n) is 2.62. The molecule has 1 aromatic rings. The monoisotopic (exact) mass is 259 g/mol. The second kappa shape index (κ2) is 5.27. The van der Waals surface area contributed by atoms with Gasteiger partial charge in [0.2, 0.25) is 0 Å². The van der Waals surface area contributed by atoms with Crippen LogP contribution in [0.3, 0.4) is 0 Å². The molecule has 0 aliphatic rings. The molecule has 0 unspecified atom stereocenters. The van der Waals surface area contributed by atoms with Gasteiger partial charge in [0, 0.05) is 0 Å². The van der Waals surface area contributed by atoms with Gasteiger partial charge in [0.15, 0.2) is 0 Å². The van der Waals surface area contributed by atoms with Crippen LogP contribution in [0.1, 0.15) is 5.56 Å². The van der Waals surface area contributed by atoms with Gasteiger partial charge in [-0.25, -0.2) is 8.42 Å². The zero-order valence-electron chi connectivity index (χ0n) is 7.74. The Kier molecular flexibility index (Phi) is 5.59. The van der Waals surface area contributed by atoms with E-state index in [4.69, 9.17) is 17.3 Å². The molecule has 14 heavy (non-hydrogen) atoms. The zero-order valence-corrected chi connectivity index (χ0v) is 12.4. The summed E-state index contributed by atoms with van der Waals surface area (Å²) in [5.41, 5.74) is 5.94. The van der Waals surface area contributed by atoms with Gasteiger partial charge >= 0.3 is 51.4 Å². The molecule has 2 N–H and O–H groups in total. The predicted molar refractivity (Wildman–Crippen MR) is 48.6 cm³/mol. The van der Waals surface area contributed by atoms with E-state index >= 15 is 0 Å². The fourth-order valence-corrected chi connectivity index (χ4v) is 2.23. The SMILES string of the molecule is Cc1cc(N)c(S(=O)(=O)[O-])c(Cl)c1.[K+].